The molecule has 1 atom stereocenters. The molecular formula is C7H14INO2. The molecule has 2 N–H and O–H groups in total. The highest BCUT2D eigenvalue weighted by Crippen LogP contribution is 2.07. The van der Waals surface area contributed by atoms with Gasteiger partial charge in [-0.15, -0.1) is 0 Å². The van der Waals surface area contributed by atoms with E-state index in [9.17, 15) is 9.90 Å². The molecule has 0 radical (unpaired) electrons. The first-order valence-corrected chi connectivity index (χ1v) is 4.71. The van der Waals surface area contributed by atoms with Crippen molar-refractivity contribution in [3.63, 3.8) is 0 Å². The predicted molar refractivity (Wildman–Crippen MR) is 52.5 cm³/mol. The molecule has 0 aliphatic rings. The Hall–Kier alpha value is 0.160. The SMILES string of the molecule is CC(I)NC(=O)CC(C)(C)O. The van der Waals surface area contributed by atoms with Crippen molar-refractivity contribution in [3.05, 3.63) is 0 Å². The number of rotatable bonds is 3. The van der Waals surface area contributed by atoms with Crippen LogP contribution in [0.2, 0.25) is 0 Å². The smallest absolute Gasteiger partial charge is 0.223 e. The first-order valence-electron chi connectivity index (χ1n) is 3.47. The highest BCUT2D eigenvalue weighted by Gasteiger charge is 2.18. The van der Waals surface area contributed by atoms with Crippen molar-refractivity contribution in [1.29, 1.82) is 0 Å². The molecule has 0 fully saturated rings. The van der Waals surface area contributed by atoms with E-state index in [2.05, 4.69) is 27.9 Å². The quantitative estimate of drug-likeness (QED) is 0.458. The van der Waals surface area contributed by atoms with Gasteiger partial charge < -0.3 is 10.4 Å². The molecule has 0 aromatic heterocycles. The summed E-state index contributed by atoms with van der Waals surface area (Å²) in [6.07, 6.45) is 0.153. The van der Waals surface area contributed by atoms with Gasteiger partial charge in [-0.05, 0) is 20.8 Å². The van der Waals surface area contributed by atoms with Crippen LogP contribution in [0.5, 0.6) is 0 Å². The van der Waals surface area contributed by atoms with Gasteiger partial charge in [-0.25, -0.2) is 0 Å². The molecule has 11 heavy (non-hydrogen) atoms. The van der Waals surface area contributed by atoms with Crippen LogP contribution < -0.4 is 5.32 Å². The second-order valence-electron chi connectivity index (χ2n) is 3.17. The largest absolute Gasteiger partial charge is 0.390 e. The van der Waals surface area contributed by atoms with Crippen LogP contribution in [0.3, 0.4) is 0 Å². The van der Waals surface area contributed by atoms with Crippen LogP contribution in [0.15, 0.2) is 0 Å². The van der Waals surface area contributed by atoms with Gasteiger partial charge in [-0.2, -0.15) is 0 Å². The molecular weight excluding hydrogens is 257 g/mol. The van der Waals surface area contributed by atoms with Gasteiger partial charge >= 0.3 is 0 Å². The molecule has 0 aliphatic carbocycles. The average Bonchev–Trinajstić information content (AvgIpc) is 1.53. The molecule has 0 saturated carbocycles. The van der Waals surface area contributed by atoms with Crippen molar-refractivity contribution < 1.29 is 9.90 Å². The van der Waals surface area contributed by atoms with Gasteiger partial charge in [0.15, 0.2) is 0 Å². The second-order valence-corrected chi connectivity index (χ2v) is 5.04. The van der Waals surface area contributed by atoms with Gasteiger partial charge in [-0.3, -0.25) is 4.79 Å². The fourth-order valence-corrected chi connectivity index (χ4v) is 1.01. The summed E-state index contributed by atoms with van der Waals surface area (Å²) in [7, 11) is 0. The first-order chi connectivity index (χ1) is 4.81. The maximum atomic E-state index is 11.0. The number of carbonyl (C=O) groups excluding carboxylic acids is 1. The molecule has 1 amide bonds. The summed E-state index contributed by atoms with van der Waals surface area (Å²) in [6.45, 7) is 5.11. The Labute approximate surface area is 80.7 Å². The summed E-state index contributed by atoms with van der Waals surface area (Å²) < 4.78 is 0.113. The minimum atomic E-state index is -0.907. The highest BCUT2D eigenvalue weighted by molar-refractivity contribution is 14.1. The van der Waals surface area contributed by atoms with E-state index in [0.29, 0.717) is 0 Å². The molecule has 66 valence electrons. The maximum Gasteiger partial charge on any atom is 0.223 e. The third-order valence-electron chi connectivity index (χ3n) is 0.953. The molecule has 0 bridgehead atoms. The molecule has 0 aromatic carbocycles. The zero-order valence-corrected chi connectivity index (χ0v) is 9.18. The zero-order chi connectivity index (χ0) is 9.07. The number of hydrogen-bond donors (Lipinski definition) is 2. The fraction of sp³-hybridized carbons (Fsp3) is 0.857. The standard InChI is InChI=1S/C7H14INO2/c1-5(8)9-6(10)4-7(2,3)11/h5,11H,4H2,1-3H3,(H,9,10). The van der Waals surface area contributed by atoms with Crippen LogP contribution in [0.4, 0.5) is 0 Å². The Morgan fingerprint density at radius 3 is 2.45 bits per heavy atom. The Kier molecular flexibility index (Phi) is 4.31. The van der Waals surface area contributed by atoms with E-state index >= 15 is 0 Å². The fourth-order valence-electron chi connectivity index (χ4n) is 0.666. The van der Waals surface area contributed by atoms with E-state index in [1.54, 1.807) is 13.8 Å². The van der Waals surface area contributed by atoms with Crippen molar-refractivity contribution in [2.24, 2.45) is 0 Å². The number of nitrogens with one attached hydrogen (secondary N) is 1. The zero-order valence-electron chi connectivity index (χ0n) is 7.02. The number of carbonyl (C=O) groups is 1. The number of alkyl halides is 1. The van der Waals surface area contributed by atoms with Crippen molar-refractivity contribution in [2.75, 3.05) is 0 Å². The van der Waals surface area contributed by atoms with E-state index < -0.39 is 5.60 Å². The van der Waals surface area contributed by atoms with Crippen molar-refractivity contribution in [3.8, 4) is 0 Å². The van der Waals surface area contributed by atoms with E-state index in [0.717, 1.165) is 0 Å². The molecule has 4 heteroatoms. The third kappa shape index (κ3) is 8.06. The van der Waals surface area contributed by atoms with Crippen LogP contribution in [0.25, 0.3) is 0 Å². The van der Waals surface area contributed by atoms with E-state index in [1.807, 2.05) is 6.92 Å². The lowest BCUT2D eigenvalue weighted by Gasteiger charge is -2.16. The lowest BCUT2D eigenvalue weighted by atomic mass is 10.1. The lowest BCUT2D eigenvalue weighted by Crippen LogP contribution is -2.34. The molecule has 0 aromatic rings. The molecule has 3 nitrogen and oxygen atoms in total. The minimum Gasteiger partial charge on any atom is -0.390 e. The van der Waals surface area contributed by atoms with Crippen LogP contribution in [0, 0.1) is 0 Å². The van der Waals surface area contributed by atoms with Gasteiger partial charge in [0.1, 0.15) is 0 Å². The van der Waals surface area contributed by atoms with Crippen LogP contribution in [-0.4, -0.2) is 20.7 Å². The number of halogens is 1. The van der Waals surface area contributed by atoms with Gasteiger partial charge in [0.05, 0.1) is 16.1 Å². The van der Waals surface area contributed by atoms with Crippen LogP contribution >= 0.6 is 22.6 Å². The molecule has 1 unspecified atom stereocenters. The Morgan fingerprint density at radius 1 is 1.73 bits per heavy atom. The number of aliphatic hydroxyl groups is 1. The van der Waals surface area contributed by atoms with Gasteiger partial charge in [0.25, 0.3) is 0 Å². The van der Waals surface area contributed by atoms with Crippen molar-refractivity contribution in [2.45, 2.75) is 36.8 Å². The average molecular weight is 271 g/mol. The van der Waals surface area contributed by atoms with E-state index in [-0.39, 0.29) is 16.4 Å². The second kappa shape index (κ2) is 4.25. The summed E-state index contributed by atoms with van der Waals surface area (Å²) in [5.41, 5.74) is -0.907. The summed E-state index contributed by atoms with van der Waals surface area (Å²) >= 11 is 2.10. The summed E-state index contributed by atoms with van der Waals surface area (Å²) in [4.78, 5) is 11.0. The molecule has 0 aliphatic heterocycles. The number of amides is 1. The van der Waals surface area contributed by atoms with E-state index in [1.165, 1.54) is 0 Å². The van der Waals surface area contributed by atoms with Gasteiger partial charge in [-0.1, -0.05) is 22.6 Å². The van der Waals surface area contributed by atoms with Gasteiger partial charge in [0, 0.05) is 0 Å². The Morgan fingerprint density at radius 2 is 2.18 bits per heavy atom. The Balaban J connectivity index is 3.71. The van der Waals surface area contributed by atoms with Crippen LogP contribution in [0.1, 0.15) is 27.2 Å². The molecule has 0 saturated heterocycles. The van der Waals surface area contributed by atoms with E-state index in [4.69, 9.17) is 0 Å². The van der Waals surface area contributed by atoms with Crippen molar-refractivity contribution >= 4 is 28.5 Å². The minimum absolute atomic E-state index is 0.112. The summed E-state index contributed by atoms with van der Waals surface area (Å²) in [5.74, 6) is -0.112. The topological polar surface area (TPSA) is 49.3 Å². The normalized spacial score (nSPS) is 14.3. The Bertz CT molecular complexity index is 140. The highest BCUT2D eigenvalue weighted by atomic mass is 127. The predicted octanol–water partition coefficient (Wildman–Crippen LogP) is 1.04. The first kappa shape index (κ1) is 11.2. The third-order valence-corrected chi connectivity index (χ3v) is 1.26. The molecule has 0 heterocycles. The van der Waals surface area contributed by atoms with Crippen LogP contribution in [-0.2, 0) is 4.79 Å². The van der Waals surface area contributed by atoms with Gasteiger partial charge in [0.2, 0.25) is 5.91 Å². The molecule has 0 spiro atoms. The molecule has 0 rings (SSSR count). The lowest BCUT2D eigenvalue weighted by molar-refractivity contribution is -0.124. The number of hydrogen-bond acceptors (Lipinski definition) is 2. The summed E-state index contributed by atoms with van der Waals surface area (Å²) in [6, 6.07) is 0. The summed E-state index contributed by atoms with van der Waals surface area (Å²) in [5, 5.41) is 11.9. The maximum absolute atomic E-state index is 11.0. The monoisotopic (exact) mass is 271 g/mol. The van der Waals surface area contributed by atoms with Crippen molar-refractivity contribution in [1.82, 2.24) is 5.32 Å².